The summed E-state index contributed by atoms with van der Waals surface area (Å²) < 4.78 is 10.7. The number of aliphatic hydroxyl groups is 1. The van der Waals surface area contributed by atoms with E-state index in [0.717, 1.165) is 29.5 Å². The zero-order valence-electron chi connectivity index (χ0n) is 23.4. The van der Waals surface area contributed by atoms with Crippen molar-refractivity contribution < 1.29 is 24.2 Å². The van der Waals surface area contributed by atoms with E-state index in [2.05, 4.69) is 34.5 Å². The molecule has 0 aliphatic carbocycles. The SMILES string of the molecule is CCC/C=C(/C=C\C=C(/C)NC(=O)c1cc2c(cc1OC)CCN(C(=O)OCC)C2)C1=NNNN1C(C)CO. The summed E-state index contributed by atoms with van der Waals surface area (Å²) >= 11 is 0. The molecule has 0 aromatic heterocycles. The Bertz CT molecular complexity index is 1160. The Morgan fingerprint density at radius 1 is 1.28 bits per heavy atom. The first-order valence-electron chi connectivity index (χ1n) is 13.3. The van der Waals surface area contributed by atoms with Crippen molar-refractivity contribution in [1.29, 1.82) is 0 Å². The van der Waals surface area contributed by atoms with Gasteiger partial charge in [0, 0.05) is 24.4 Å². The van der Waals surface area contributed by atoms with E-state index in [9.17, 15) is 14.7 Å². The molecule has 0 spiro atoms. The number of amidine groups is 1. The minimum absolute atomic E-state index is 0.0312. The third kappa shape index (κ3) is 7.61. The average molecular weight is 541 g/mol. The van der Waals surface area contributed by atoms with Crippen molar-refractivity contribution in [2.45, 2.75) is 59.5 Å². The number of hydrazine groups is 2. The number of allylic oxidation sites excluding steroid dienone is 4. The van der Waals surface area contributed by atoms with Gasteiger partial charge in [0.1, 0.15) is 5.75 Å². The van der Waals surface area contributed by atoms with Crippen LogP contribution < -0.4 is 21.1 Å². The van der Waals surface area contributed by atoms with Crippen LogP contribution in [0.3, 0.4) is 0 Å². The molecule has 1 aromatic carbocycles. The first-order chi connectivity index (χ1) is 18.8. The van der Waals surface area contributed by atoms with Gasteiger partial charge < -0.3 is 24.8 Å². The molecular weight excluding hydrogens is 500 g/mol. The number of carbonyl (C=O) groups is 2. The van der Waals surface area contributed by atoms with E-state index in [0.29, 0.717) is 49.0 Å². The van der Waals surface area contributed by atoms with Crippen LogP contribution in [0.5, 0.6) is 5.75 Å². The second-order valence-electron chi connectivity index (χ2n) is 9.36. The van der Waals surface area contributed by atoms with Gasteiger partial charge in [-0.15, -0.1) is 10.6 Å². The maximum atomic E-state index is 13.2. The van der Waals surface area contributed by atoms with Gasteiger partial charge in [-0.05, 0) is 62.9 Å². The number of rotatable bonds is 11. The van der Waals surface area contributed by atoms with Crippen molar-refractivity contribution in [2.75, 3.05) is 26.9 Å². The Morgan fingerprint density at radius 2 is 2.08 bits per heavy atom. The highest BCUT2D eigenvalue weighted by Crippen LogP contribution is 2.28. The fraction of sp³-hybridized carbons (Fsp3) is 0.464. The van der Waals surface area contributed by atoms with Gasteiger partial charge in [-0.1, -0.05) is 31.6 Å². The molecule has 3 rings (SSSR count). The summed E-state index contributed by atoms with van der Waals surface area (Å²) in [5, 5.41) is 18.6. The quantitative estimate of drug-likeness (QED) is 0.315. The van der Waals surface area contributed by atoms with E-state index in [1.807, 2.05) is 25.1 Å². The standard InChI is InChI=1S/C28H40N6O5/c1-6-8-11-21(26-30-31-32-34(26)20(4)18-35)12-9-10-19(3)29-27(36)24-15-23-17-33(28(37)39-7-2)14-13-22(23)16-25(24)38-5/h9-12,15-16,20,31-32,35H,6-8,13-14,17-18H2,1-5H3,(H,29,36)/b12-9-,19-10+,21-11-. The van der Waals surface area contributed by atoms with Crippen LogP contribution in [0, 0.1) is 0 Å². The van der Waals surface area contributed by atoms with Crippen LogP contribution in [0.1, 0.15) is 62.0 Å². The Kier molecular flexibility index (Phi) is 10.9. The molecular formula is C28H40N6O5. The summed E-state index contributed by atoms with van der Waals surface area (Å²) in [5.74, 6) is 0.858. The average Bonchev–Trinajstić information content (AvgIpc) is 3.43. The number of unbranched alkanes of at least 4 members (excludes halogenated alkanes) is 1. The molecule has 0 saturated heterocycles. The number of nitrogens with one attached hydrogen (secondary N) is 3. The number of nitrogens with zero attached hydrogens (tertiary/aromatic N) is 3. The second-order valence-corrected chi connectivity index (χ2v) is 9.36. The van der Waals surface area contributed by atoms with Crippen molar-refractivity contribution >= 4 is 17.8 Å². The van der Waals surface area contributed by atoms with Gasteiger partial charge in [-0.25, -0.2) is 10.3 Å². The number of methoxy groups -OCH3 is 1. The van der Waals surface area contributed by atoms with Crippen molar-refractivity contribution in [3.05, 3.63) is 64.4 Å². The highest BCUT2D eigenvalue weighted by molar-refractivity contribution is 6.01. The molecule has 2 amide bonds. The monoisotopic (exact) mass is 540 g/mol. The lowest BCUT2D eigenvalue weighted by Gasteiger charge is -2.29. The normalized spacial score (nSPS) is 16.5. The molecule has 1 atom stereocenters. The van der Waals surface area contributed by atoms with Crippen molar-refractivity contribution in [3.63, 3.8) is 0 Å². The van der Waals surface area contributed by atoms with E-state index < -0.39 is 0 Å². The predicted octanol–water partition coefficient (Wildman–Crippen LogP) is 3.15. The maximum Gasteiger partial charge on any atom is 0.410 e. The molecule has 2 heterocycles. The molecule has 2 aliphatic heterocycles. The molecule has 2 aliphatic rings. The number of ether oxygens (including phenoxy) is 2. The maximum absolute atomic E-state index is 13.2. The number of carbonyl (C=O) groups excluding carboxylic acids is 2. The topological polar surface area (TPSA) is 128 Å². The number of fused-ring (bicyclic) bond motifs is 1. The lowest BCUT2D eigenvalue weighted by atomic mass is 9.96. The summed E-state index contributed by atoms with van der Waals surface area (Å²) in [5.41, 5.74) is 9.56. The van der Waals surface area contributed by atoms with Crippen LogP contribution in [-0.2, 0) is 17.7 Å². The molecule has 11 nitrogen and oxygen atoms in total. The fourth-order valence-corrected chi connectivity index (χ4v) is 4.26. The van der Waals surface area contributed by atoms with Gasteiger partial charge in [0.05, 0.1) is 31.9 Å². The molecule has 11 heteroatoms. The molecule has 0 saturated carbocycles. The lowest BCUT2D eigenvalue weighted by molar-refractivity contribution is 0.0962. The number of hydrogen-bond acceptors (Lipinski definition) is 9. The van der Waals surface area contributed by atoms with E-state index >= 15 is 0 Å². The fourth-order valence-electron chi connectivity index (χ4n) is 4.26. The minimum atomic E-state index is -0.355. The number of benzene rings is 1. The largest absolute Gasteiger partial charge is 0.496 e. The Morgan fingerprint density at radius 3 is 2.77 bits per heavy atom. The second kappa shape index (κ2) is 14.4. The zero-order chi connectivity index (χ0) is 28.4. The Hall–Kier alpha value is -3.83. The van der Waals surface area contributed by atoms with Gasteiger partial charge in [0.2, 0.25) is 0 Å². The van der Waals surface area contributed by atoms with E-state index in [1.165, 1.54) is 7.11 Å². The van der Waals surface area contributed by atoms with Gasteiger partial charge >= 0.3 is 6.09 Å². The zero-order valence-corrected chi connectivity index (χ0v) is 23.4. The molecule has 4 N–H and O–H groups in total. The third-order valence-electron chi connectivity index (χ3n) is 6.41. The number of amides is 2. The smallest absolute Gasteiger partial charge is 0.410 e. The lowest BCUT2D eigenvalue weighted by Crippen LogP contribution is -2.48. The molecule has 1 aromatic rings. The summed E-state index contributed by atoms with van der Waals surface area (Å²) in [4.78, 5) is 27.0. The van der Waals surface area contributed by atoms with Crippen LogP contribution >= 0.6 is 0 Å². The third-order valence-corrected chi connectivity index (χ3v) is 6.41. The molecule has 0 radical (unpaired) electrons. The molecule has 0 bridgehead atoms. The Labute approximate surface area is 230 Å². The van der Waals surface area contributed by atoms with E-state index in [4.69, 9.17) is 9.47 Å². The van der Waals surface area contributed by atoms with Crippen molar-refractivity contribution in [3.8, 4) is 5.75 Å². The molecule has 39 heavy (non-hydrogen) atoms. The molecule has 0 fully saturated rings. The van der Waals surface area contributed by atoms with Crippen LogP contribution in [0.15, 0.2) is 52.8 Å². The van der Waals surface area contributed by atoms with E-state index in [1.54, 1.807) is 35.9 Å². The van der Waals surface area contributed by atoms with Crippen LogP contribution in [-0.4, -0.2) is 65.8 Å². The number of aliphatic hydroxyl groups excluding tert-OH is 1. The van der Waals surface area contributed by atoms with Gasteiger partial charge in [-0.3, -0.25) is 9.80 Å². The Balaban J connectivity index is 1.74. The van der Waals surface area contributed by atoms with Crippen molar-refractivity contribution in [1.82, 2.24) is 26.3 Å². The highest BCUT2D eigenvalue weighted by atomic mass is 16.6. The van der Waals surface area contributed by atoms with Gasteiger partial charge in [0.25, 0.3) is 5.91 Å². The highest BCUT2D eigenvalue weighted by Gasteiger charge is 2.25. The van der Waals surface area contributed by atoms with E-state index in [-0.39, 0.29) is 24.6 Å². The van der Waals surface area contributed by atoms with Crippen LogP contribution in [0.25, 0.3) is 0 Å². The molecule has 1 unspecified atom stereocenters. The van der Waals surface area contributed by atoms with Crippen LogP contribution in [0.4, 0.5) is 4.79 Å². The molecule has 212 valence electrons. The summed E-state index contributed by atoms with van der Waals surface area (Å²) in [6.07, 6.45) is 9.81. The summed E-state index contributed by atoms with van der Waals surface area (Å²) in [7, 11) is 1.54. The minimum Gasteiger partial charge on any atom is -0.496 e. The predicted molar refractivity (Wildman–Crippen MR) is 150 cm³/mol. The van der Waals surface area contributed by atoms with Crippen LogP contribution in [0.2, 0.25) is 0 Å². The van der Waals surface area contributed by atoms with Gasteiger partial charge in [0.15, 0.2) is 5.84 Å². The summed E-state index contributed by atoms with van der Waals surface area (Å²) in [6, 6.07) is 3.49. The van der Waals surface area contributed by atoms with Gasteiger partial charge in [-0.2, -0.15) is 0 Å². The van der Waals surface area contributed by atoms with Crippen molar-refractivity contribution in [2.24, 2.45) is 5.10 Å². The number of hydrazone groups is 1. The summed E-state index contributed by atoms with van der Waals surface area (Å²) in [6.45, 7) is 8.79. The first-order valence-corrected chi connectivity index (χ1v) is 13.3. The first kappa shape index (κ1) is 29.7. The number of hydrogen-bond donors (Lipinski definition) is 4.